The second-order valence-corrected chi connectivity index (χ2v) is 3.58. The molecule has 0 aliphatic carbocycles. The molecule has 16 heavy (non-hydrogen) atoms. The molecule has 0 saturated heterocycles. The topological polar surface area (TPSA) is 55.1 Å². The van der Waals surface area contributed by atoms with Crippen LogP contribution in [0, 0.1) is 11.8 Å². The minimum Gasteiger partial charge on any atom is -0.399 e. The van der Waals surface area contributed by atoms with Crippen LogP contribution in [-0.4, -0.2) is 12.5 Å². The highest BCUT2D eigenvalue weighted by atomic mass is 35.5. The molecule has 0 saturated carbocycles. The third-order valence-corrected chi connectivity index (χ3v) is 2.28. The van der Waals surface area contributed by atoms with Gasteiger partial charge in [0.05, 0.1) is 10.6 Å². The number of hydrogen-bond donors (Lipinski definition) is 2. The van der Waals surface area contributed by atoms with Gasteiger partial charge in [-0.2, -0.15) is 0 Å². The van der Waals surface area contributed by atoms with Crippen molar-refractivity contribution in [2.75, 3.05) is 12.3 Å². The molecule has 84 valence electrons. The smallest absolute Gasteiger partial charge is 0.252 e. The monoisotopic (exact) mass is 236 g/mol. The maximum Gasteiger partial charge on any atom is 0.252 e. The Balaban J connectivity index is 2.64. The zero-order valence-electron chi connectivity index (χ0n) is 9.01. The van der Waals surface area contributed by atoms with Crippen molar-refractivity contribution in [3.8, 4) is 11.8 Å². The SMILES string of the molecule is CC#CCCNC(=O)c1cc(N)ccc1Cl. The Morgan fingerprint density at radius 2 is 2.31 bits per heavy atom. The number of nitrogens with two attached hydrogens (primary N) is 1. The standard InChI is InChI=1S/C12H13ClN2O/c1-2-3-4-7-15-12(16)10-8-9(14)5-6-11(10)13/h5-6,8H,4,7,14H2,1H3,(H,15,16). The van der Waals surface area contributed by atoms with Gasteiger partial charge < -0.3 is 11.1 Å². The lowest BCUT2D eigenvalue weighted by molar-refractivity contribution is 0.0955. The van der Waals surface area contributed by atoms with Gasteiger partial charge in [0.15, 0.2) is 0 Å². The van der Waals surface area contributed by atoms with Gasteiger partial charge in [0.2, 0.25) is 0 Å². The lowest BCUT2D eigenvalue weighted by Crippen LogP contribution is -2.24. The first kappa shape index (κ1) is 12.4. The number of carbonyl (C=O) groups is 1. The van der Waals surface area contributed by atoms with E-state index in [1.54, 1.807) is 25.1 Å². The average Bonchev–Trinajstić information content (AvgIpc) is 2.27. The van der Waals surface area contributed by atoms with Crippen molar-refractivity contribution in [1.29, 1.82) is 0 Å². The van der Waals surface area contributed by atoms with Crippen molar-refractivity contribution in [3.05, 3.63) is 28.8 Å². The second-order valence-electron chi connectivity index (χ2n) is 3.17. The molecule has 0 aliphatic rings. The number of nitrogen functional groups attached to an aromatic ring is 1. The fraction of sp³-hybridized carbons (Fsp3) is 0.250. The van der Waals surface area contributed by atoms with E-state index in [1.165, 1.54) is 0 Å². The largest absolute Gasteiger partial charge is 0.399 e. The second kappa shape index (κ2) is 6.04. The molecule has 1 aromatic rings. The summed E-state index contributed by atoms with van der Waals surface area (Å²) in [7, 11) is 0. The van der Waals surface area contributed by atoms with Crippen LogP contribution in [0.15, 0.2) is 18.2 Å². The van der Waals surface area contributed by atoms with Gasteiger partial charge in [-0.15, -0.1) is 11.8 Å². The van der Waals surface area contributed by atoms with Gasteiger partial charge in [-0.25, -0.2) is 0 Å². The predicted octanol–water partition coefficient (Wildman–Crippen LogP) is 2.07. The van der Waals surface area contributed by atoms with Crippen LogP contribution in [0.3, 0.4) is 0 Å². The molecule has 1 amide bonds. The van der Waals surface area contributed by atoms with Crippen LogP contribution in [0.5, 0.6) is 0 Å². The fourth-order valence-electron chi connectivity index (χ4n) is 1.18. The summed E-state index contributed by atoms with van der Waals surface area (Å²) in [4.78, 5) is 11.7. The van der Waals surface area contributed by atoms with Gasteiger partial charge in [-0.05, 0) is 25.1 Å². The highest BCUT2D eigenvalue weighted by Crippen LogP contribution is 2.18. The lowest BCUT2D eigenvalue weighted by Gasteiger charge is -2.05. The van der Waals surface area contributed by atoms with Gasteiger partial charge in [-0.1, -0.05) is 11.6 Å². The third kappa shape index (κ3) is 3.48. The molecule has 0 aromatic heterocycles. The molecule has 4 heteroatoms. The molecule has 0 heterocycles. The van der Waals surface area contributed by atoms with Crippen molar-refractivity contribution in [2.24, 2.45) is 0 Å². The van der Waals surface area contributed by atoms with E-state index in [9.17, 15) is 4.79 Å². The molecule has 0 fully saturated rings. The number of amides is 1. The van der Waals surface area contributed by atoms with Gasteiger partial charge >= 0.3 is 0 Å². The molecule has 1 aromatic carbocycles. The highest BCUT2D eigenvalue weighted by molar-refractivity contribution is 6.34. The minimum atomic E-state index is -0.227. The van der Waals surface area contributed by atoms with E-state index in [2.05, 4.69) is 17.2 Å². The van der Waals surface area contributed by atoms with Crippen LogP contribution >= 0.6 is 11.6 Å². The van der Waals surface area contributed by atoms with Crippen LogP contribution in [0.25, 0.3) is 0 Å². The predicted molar refractivity (Wildman–Crippen MR) is 66.3 cm³/mol. The first-order valence-corrected chi connectivity index (χ1v) is 5.25. The molecule has 3 nitrogen and oxygen atoms in total. The number of nitrogens with one attached hydrogen (secondary N) is 1. The van der Waals surface area contributed by atoms with Gasteiger partial charge in [0.1, 0.15) is 0 Å². The molecule has 0 unspecified atom stereocenters. The summed E-state index contributed by atoms with van der Waals surface area (Å²) in [6, 6.07) is 4.82. The maximum absolute atomic E-state index is 11.7. The Morgan fingerprint density at radius 1 is 1.56 bits per heavy atom. The molecule has 0 spiro atoms. The number of halogens is 1. The van der Waals surface area contributed by atoms with Crippen LogP contribution in [-0.2, 0) is 0 Å². The van der Waals surface area contributed by atoms with E-state index in [0.29, 0.717) is 29.2 Å². The van der Waals surface area contributed by atoms with Crippen molar-refractivity contribution >= 4 is 23.2 Å². The van der Waals surface area contributed by atoms with Crippen molar-refractivity contribution in [1.82, 2.24) is 5.32 Å². The maximum atomic E-state index is 11.7. The average molecular weight is 237 g/mol. The summed E-state index contributed by atoms with van der Waals surface area (Å²) in [5.41, 5.74) is 6.49. The Bertz CT molecular complexity index is 446. The van der Waals surface area contributed by atoms with E-state index < -0.39 is 0 Å². The Kier molecular flexibility index (Phi) is 4.68. The fourth-order valence-corrected chi connectivity index (χ4v) is 1.38. The van der Waals surface area contributed by atoms with E-state index >= 15 is 0 Å². The van der Waals surface area contributed by atoms with Crippen LogP contribution in [0.2, 0.25) is 5.02 Å². The quantitative estimate of drug-likeness (QED) is 0.480. The molecule has 1 rings (SSSR count). The van der Waals surface area contributed by atoms with E-state index in [1.807, 2.05) is 0 Å². The van der Waals surface area contributed by atoms with Gasteiger partial charge in [0.25, 0.3) is 5.91 Å². The molecule has 0 bridgehead atoms. The van der Waals surface area contributed by atoms with Crippen molar-refractivity contribution in [3.63, 3.8) is 0 Å². The van der Waals surface area contributed by atoms with Gasteiger partial charge in [-0.3, -0.25) is 4.79 Å². The van der Waals surface area contributed by atoms with E-state index in [-0.39, 0.29) is 5.91 Å². The lowest BCUT2D eigenvalue weighted by atomic mass is 10.2. The summed E-state index contributed by atoms with van der Waals surface area (Å²) < 4.78 is 0. The number of anilines is 1. The number of benzene rings is 1. The zero-order chi connectivity index (χ0) is 12.0. The summed E-state index contributed by atoms with van der Waals surface area (Å²) >= 11 is 5.89. The summed E-state index contributed by atoms with van der Waals surface area (Å²) in [5.74, 6) is 5.39. The first-order valence-electron chi connectivity index (χ1n) is 4.88. The molecule has 0 atom stereocenters. The molecule has 3 N–H and O–H groups in total. The third-order valence-electron chi connectivity index (χ3n) is 1.95. The minimum absolute atomic E-state index is 0.227. The summed E-state index contributed by atoms with van der Waals surface area (Å²) in [6.45, 7) is 2.27. The van der Waals surface area contributed by atoms with E-state index in [4.69, 9.17) is 17.3 Å². The first-order chi connectivity index (χ1) is 7.65. The number of rotatable bonds is 3. The Morgan fingerprint density at radius 3 is 3.00 bits per heavy atom. The van der Waals surface area contributed by atoms with E-state index in [0.717, 1.165) is 0 Å². The summed E-state index contributed by atoms with van der Waals surface area (Å²) in [5, 5.41) is 3.12. The van der Waals surface area contributed by atoms with Crippen molar-refractivity contribution < 1.29 is 4.79 Å². The molecular weight excluding hydrogens is 224 g/mol. The molecular formula is C12H13ClN2O. The number of hydrogen-bond acceptors (Lipinski definition) is 2. The molecule has 0 radical (unpaired) electrons. The van der Waals surface area contributed by atoms with Crippen LogP contribution in [0.4, 0.5) is 5.69 Å². The highest BCUT2D eigenvalue weighted by Gasteiger charge is 2.09. The Hall–Kier alpha value is -1.66. The van der Waals surface area contributed by atoms with Crippen LogP contribution in [0.1, 0.15) is 23.7 Å². The summed E-state index contributed by atoms with van der Waals surface area (Å²) in [6.07, 6.45) is 0.627. The molecule has 0 aliphatic heterocycles. The zero-order valence-corrected chi connectivity index (χ0v) is 9.77. The van der Waals surface area contributed by atoms with Crippen molar-refractivity contribution in [2.45, 2.75) is 13.3 Å². The van der Waals surface area contributed by atoms with Crippen LogP contribution < -0.4 is 11.1 Å². The normalized spacial score (nSPS) is 9.12. The Labute approximate surface area is 100.0 Å². The van der Waals surface area contributed by atoms with Gasteiger partial charge in [0, 0.05) is 18.7 Å². The number of carbonyl (C=O) groups excluding carboxylic acids is 1.